The fourth-order valence-electron chi connectivity index (χ4n) is 1.84. The maximum Gasteiger partial charge on any atom is 0.333 e. The summed E-state index contributed by atoms with van der Waals surface area (Å²) in [7, 11) is 1.27. The molecule has 0 aromatic carbocycles. The van der Waals surface area contributed by atoms with Crippen LogP contribution in [0, 0.1) is 34.5 Å². The first-order valence-corrected chi connectivity index (χ1v) is 11.6. The monoisotopic (exact) mass is 520 g/mol. The van der Waals surface area contributed by atoms with Gasteiger partial charge in [0, 0.05) is 23.6 Å². The van der Waals surface area contributed by atoms with E-state index >= 15 is 0 Å². The Morgan fingerprint density at radius 1 is 1.08 bits per heavy atom. The van der Waals surface area contributed by atoms with Gasteiger partial charge in [0.2, 0.25) is 0 Å². The van der Waals surface area contributed by atoms with Gasteiger partial charge in [-0.05, 0) is 27.2 Å². The van der Waals surface area contributed by atoms with Crippen molar-refractivity contribution in [1.82, 2.24) is 0 Å². The highest BCUT2D eigenvalue weighted by molar-refractivity contribution is 5.87. The van der Waals surface area contributed by atoms with E-state index < -0.39 is 23.9 Å². The second-order valence-corrected chi connectivity index (χ2v) is 7.62. The molecule has 0 radical (unpaired) electrons. The highest BCUT2D eigenvalue weighted by Gasteiger charge is 2.20. The normalized spacial score (nSPS) is 11.9. The van der Waals surface area contributed by atoms with E-state index in [1.807, 2.05) is 13.0 Å². The molecule has 0 spiro atoms. The molecule has 3 unspecified atom stereocenters. The lowest BCUT2D eigenvalue weighted by molar-refractivity contribution is -0.140. The van der Waals surface area contributed by atoms with Crippen molar-refractivity contribution in [3.8, 4) is 12.1 Å². The molecule has 0 rings (SSSR count). The zero-order chi connectivity index (χ0) is 29.2. The van der Waals surface area contributed by atoms with Crippen LogP contribution in [0.5, 0.6) is 0 Å². The molecule has 0 aliphatic rings. The molecule has 3 atom stereocenters. The lowest BCUT2D eigenvalue weighted by atomic mass is 9.97. The summed E-state index contributed by atoms with van der Waals surface area (Å²) in [6, 6.07) is 3.65. The van der Waals surface area contributed by atoms with Crippen molar-refractivity contribution in [2.24, 2.45) is 22.1 Å². The van der Waals surface area contributed by atoms with E-state index in [2.05, 4.69) is 50.2 Å². The summed E-state index contributed by atoms with van der Waals surface area (Å²) in [6.45, 7) is 17.9. The minimum absolute atomic E-state index is 0.0473. The smallest absolute Gasteiger partial charge is 0.333 e. The first kappa shape index (κ1) is 37.7. The number of hydrogen-bond acceptors (Lipinski definition) is 11. The first-order chi connectivity index (χ1) is 17.4. The van der Waals surface area contributed by atoms with Crippen LogP contribution in [-0.4, -0.2) is 62.5 Å². The highest BCUT2D eigenvalue weighted by atomic mass is 16.5. The van der Waals surface area contributed by atoms with Crippen molar-refractivity contribution < 1.29 is 33.7 Å². The van der Waals surface area contributed by atoms with Crippen molar-refractivity contribution in [3.05, 3.63) is 37.0 Å². The number of rotatable bonds is 14. The van der Waals surface area contributed by atoms with Gasteiger partial charge in [-0.1, -0.05) is 33.1 Å². The van der Waals surface area contributed by atoms with Crippen LogP contribution in [0.2, 0.25) is 0 Å². The van der Waals surface area contributed by atoms with Crippen molar-refractivity contribution in [2.75, 3.05) is 33.5 Å². The van der Waals surface area contributed by atoms with Gasteiger partial charge < -0.3 is 19.3 Å². The van der Waals surface area contributed by atoms with Gasteiger partial charge in [-0.25, -0.2) is 14.4 Å². The third kappa shape index (κ3) is 23.7. The Labute approximate surface area is 220 Å². The van der Waals surface area contributed by atoms with E-state index in [9.17, 15) is 14.4 Å². The first-order valence-electron chi connectivity index (χ1n) is 11.6. The number of azo groups is 1. The zero-order valence-electron chi connectivity index (χ0n) is 22.6. The molecule has 0 heterocycles. The maximum absolute atomic E-state index is 11.3. The molecule has 0 aromatic heterocycles. The zero-order valence-corrected chi connectivity index (χ0v) is 22.6. The summed E-state index contributed by atoms with van der Waals surface area (Å²) in [4.78, 5) is 32.1. The van der Waals surface area contributed by atoms with E-state index in [0.717, 1.165) is 12.8 Å². The van der Waals surface area contributed by atoms with Crippen LogP contribution in [0.4, 0.5) is 0 Å². The Hall–Kier alpha value is -3.83. The lowest BCUT2D eigenvalue weighted by Crippen LogP contribution is -2.18. The predicted octanol–water partition coefficient (Wildman–Crippen LogP) is 3.86. The number of methoxy groups -OCH3 is 1. The van der Waals surface area contributed by atoms with Crippen LogP contribution in [0.1, 0.15) is 47.0 Å². The molecule has 0 aliphatic heterocycles. The molecular weight excluding hydrogens is 480 g/mol. The summed E-state index contributed by atoms with van der Waals surface area (Å²) in [5.74, 6) is -1.93. The van der Waals surface area contributed by atoms with Gasteiger partial charge in [-0.2, -0.15) is 20.8 Å². The summed E-state index contributed by atoms with van der Waals surface area (Å²) >= 11 is 0. The molecule has 0 aromatic rings. The summed E-state index contributed by atoms with van der Waals surface area (Å²) < 4.78 is 13.7. The molecule has 0 bridgehead atoms. The number of unbranched alkanes of at least 4 members (excludes halogenated alkanes) is 1. The average molecular weight is 521 g/mol. The molecule has 1 N–H and O–H groups in total. The topological polar surface area (TPSA) is 171 Å². The van der Waals surface area contributed by atoms with Gasteiger partial charge in [0.05, 0.1) is 56.9 Å². The van der Waals surface area contributed by atoms with Gasteiger partial charge >= 0.3 is 17.9 Å². The Balaban J connectivity index is -0.000000534. The van der Waals surface area contributed by atoms with Gasteiger partial charge in [0.25, 0.3) is 0 Å². The molecule has 0 saturated heterocycles. The third-order valence-corrected chi connectivity index (χ3v) is 4.10. The fraction of sp³-hybridized carbons (Fsp3) is 0.577. The molecule has 0 saturated carbocycles. The average Bonchev–Trinajstić information content (AvgIpc) is 2.90. The van der Waals surface area contributed by atoms with Gasteiger partial charge in [-0.3, -0.25) is 0 Å². The number of esters is 3. The van der Waals surface area contributed by atoms with E-state index in [0.29, 0.717) is 12.2 Å². The number of carbonyl (C=O) groups is 3. The Morgan fingerprint density at radius 2 is 1.70 bits per heavy atom. The minimum Gasteiger partial charge on any atom is -0.466 e. The largest absolute Gasteiger partial charge is 0.466 e. The number of nitrogens with zero attached hydrogens (tertiary/aromatic N) is 4. The Bertz CT molecular complexity index is 839. The molecule has 11 nitrogen and oxygen atoms in total. The Kier molecular flexibility index (Phi) is 25.8. The van der Waals surface area contributed by atoms with Crippen molar-refractivity contribution in [2.45, 2.75) is 53.0 Å². The molecule has 0 fully saturated rings. The molecule has 0 amide bonds. The lowest BCUT2D eigenvalue weighted by Gasteiger charge is -2.13. The third-order valence-electron chi connectivity index (χ3n) is 4.10. The predicted molar refractivity (Wildman–Crippen MR) is 138 cm³/mol. The maximum atomic E-state index is 11.3. The standard InChI is InChI=1S/C13H18N4O2.C7H12O2.C6H10O3/c1-9(6-14)8-16-17-12(11(3)7-15)5-10(2)13(18)19-4;1-3-5-6-9-7(8)4-2;1-5(2)6(8)9-4-3-7/h9,11-12H,2,5,8H2,1,3-4H3;4H,2-3,5-6H2,1H3;7H,1,3-4H2,2H3. The second-order valence-electron chi connectivity index (χ2n) is 7.62. The van der Waals surface area contributed by atoms with Crippen LogP contribution >= 0.6 is 0 Å². The van der Waals surface area contributed by atoms with Crippen LogP contribution in [0.3, 0.4) is 0 Å². The van der Waals surface area contributed by atoms with Crippen molar-refractivity contribution in [1.29, 1.82) is 10.5 Å². The number of aliphatic hydroxyl groups is 1. The molecule has 0 aliphatic carbocycles. The molecular formula is C26H40N4O7. The van der Waals surface area contributed by atoms with E-state index in [1.165, 1.54) is 13.2 Å². The summed E-state index contributed by atoms with van der Waals surface area (Å²) in [5.41, 5.74) is 0.602. The summed E-state index contributed by atoms with van der Waals surface area (Å²) in [6.07, 6.45) is 3.37. The Morgan fingerprint density at radius 3 is 2.14 bits per heavy atom. The van der Waals surface area contributed by atoms with E-state index in [1.54, 1.807) is 20.8 Å². The van der Waals surface area contributed by atoms with E-state index in [4.69, 9.17) is 15.6 Å². The number of aliphatic hydroxyl groups excluding tert-OH is 1. The SMILES string of the molecule is C=C(C)C(=O)OCCO.C=C(CC(N=NCC(C)C#N)C(C)C#N)C(=O)OC.C=CC(=O)OCCCC. The molecule has 37 heavy (non-hydrogen) atoms. The van der Waals surface area contributed by atoms with Gasteiger partial charge in [0.1, 0.15) is 6.61 Å². The minimum atomic E-state index is -0.518. The van der Waals surface area contributed by atoms with Crippen LogP contribution in [0.25, 0.3) is 0 Å². The summed E-state index contributed by atoms with van der Waals surface area (Å²) in [5, 5.41) is 33.7. The van der Waals surface area contributed by atoms with Gasteiger partial charge in [-0.15, -0.1) is 0 Å². The van der Waals surface area contributed by atoms with Crippen LogP contribution in [-0.2, 0) is 28.6 Å². The van der Waals surface area contributed by atoms with Crippen LogP contribution < -0.4 is 0 Å². The number of nitriles is 2. The van der Waals surface area contributed by atoms with Crippen molar-refractivity contribution >= 4 is 17.9 Å². The van der Waals surface area contributed by atoms with Crippen molar-refractivity contribution in [3.63, 3.8) is 0 Å². The fourth-order valence-corrected chi connectivity index (χ4v) is 1.84. The van der Waals surface area contributed by atoms with Gasteiger partial charge in [0.15, 0.2) is 0 Å². The van der Waals surface area contributed by atoms with Crippen LogP contribution in [0.15, 0.2) is 47.2 Å². The molecule has 206 valence electrons. The van der Waals surface area contributed by atoms with E-state index in [-0.39, 0.29) is 43.6 Å². The second kappa shape index (κ2) is 25.3. The number of carbonyl (C=O) groups excluding carboxylic acids is 3. The quantitative estimate of drug-likeness (QED) is 0.117. The number of ether oxygens (including phenoxy) is 3. The molecule has 11 heteroatoms. The number of hydrogen-bond donors (Lipinski definition) is 1. The highest BCUT2D eigenvalue weighted by Crippen LogP contribution is 2.17.